The average Bonchev–Trinajstić information content (AvgIpc) is 2.14. The Hall–Kier alpha value is -2.36. The lowest BCUT2D eigenvalue weighted by molar-refractivity contribution is -0.387. The second kappa shape index (κ2) is 4.25. The van der Waals surface area contributed by atoms with Crippen molar-refractivity contribution in [3.05, 3.63) is 15.8 Å². The molecule has 7 nitrogen and oxygen atoms in total. The fourth-order valence-corrected chi connectivity index (χ4v) is 1.11. The number of aromatic nitrogens is 2. The first kappa shape index (κ1) is 12.7. The fourth-order valence-electron chi connectivity index (χ4n) is 1.11. The van der Waals surface area contributed by atoms with E-state index in [0.717, 1.165) is 0 Å². The predicted molar refractivity (Wildman–Crippen MR) is 61.4 cm³/mol. The van der Waals surface area contributed by atoms with Crippen LogP contribution in [0.2, 0.25) is 0 Å². The van der Waals surface area contributed by atoms with Crippen LogP contribution in [-0.4, -0.2) is 20.5 Å². The third-order valence-corrected chi connectivity index (χ3v) is 1.93. The maximum Gasteiger partial charge on any atom is 0.352 e. The maximum absolute atomic E-state index is 10.9. The van der Waals surface area contributed by atoms with Gasteiger partial charge >= 0.3 is 11.6 Å². The predicted octanol–water partition coefficient (Wildman–Crippen LogP) is 1.07. The zero-order valence-corrected chi connectivity index (χ0v) is 9.72. The average molecular weight is 236 g/mol. The van der Waals surface area contributed by atoms with E-state index in [1.165, 1.54) is 6.92 Å². The van der Waals surface area contributed by atoms with E-state index in [2.05, 4.69) is 15.9 Å². The first-order valence-corrected chi connectivity index (χ1v) is 4.72. The van der Waals surface area contributed by atoms with Gasteiger partial charge in [-0.25, -0.2) is 4.98 Å². The Kier molecular flexibility index (Phi) is 3.18. The van der Waals surface area contributed by atoms with Crippen molar-refractivity contribution in [3.8, 4) is 18.2 Å². The molecule has 1 rings (SSSR count). The van der Waals surface area contributed by atoms with Gasteiger partial charge in [-0.2, -0.15) is 4.98 Å². The number of aryl methyl sites for hydroxylation is 1. The van der Waals surface area contributed by atoms with Crippen LogP contribution < -0.4 is 10.5 Å². The van der Waals surface area contributed by atoms with Gasteiger partial charge in [-0.3, -0.25) is 10.1 Å². The van der Waals surface area contributed by atoms with Gasteiger partial charge in [0.25, 0.3) is 0 Å². The van der Waals surface area contributed by atoms with Crippen LogP contribution in [0.4, 0.5) is 11.6 Å². The summed E-state index contributed by atoms with van der Waals surface area (Å²) < 4.78 is 5.30. The first-order valence-electron chi connectivity index (χ1n) is 4.72. The third kappa shape index (κ3) is 2.81. The Bertz CT molecular complexity index is 505. The number of anilines is 1. The highest BCUT2D eigenvalue weighted by molar-refractivity contribution is 5.48. The summed E-state index contributed by atoms with van der Waals surface area (Å²) in [6.07, 6.45) is 5.24. The number of nitrogens with zero attached hydrogens (tertiary/aromatic N) is 3. The maximum atomic E-state index is 10.9. The molecule has 90 valence electrons. The van der Waals surface area contributed by atoms with Crippen LogP contribution in [0, 0.1) is 29.4 Å². The van der Waals surface area contributed by atoms with E-state index in [9.17, 15) is 10.1 Å². The van der Waals surface area contributed by atoms with Crippen molar-refractivity contribution >= 4 is 11.6 Å². The highest BCUT2D eigenvalue weighted by Gasteiger charge is 2.27. The van der Waals surface area contributed by atoms with Crippen molar-refractivity contribution in [1.29, 1.82) is 0 Å². The highest BCUT2D eigenvalue weighted by atomic mass is 16.6. The van der Waals surface area contributed by atoms with Gasteiger partial charge < -0.3 is 10.5 Å². The zero-order chi connectivity index (χ0) is 13.2. The molecule has 0 aliphatic carbocycles. The van der Waals surface area contributed by atoms with Gasteiger partial charge in [0.1, 0.15) is 5.69 Å². The minimum atomic E-state index is -1.02. The van der Waals surface area contributed by atoms with Gasteiger partial charge in [-0.15, -0.1) is 6.42 Å². The number of hydrogen-bond acceptors (Lipinski definition) is 6. The molecule has 1 heterocycles. The summed E-state index contributed by atoms with van der Waals surface area (Å²) in [5, 5.41) is 10.9. The second-order valence-electron chi connectivity index (χ2n) is 3.83. The largest absolute Gasteiger partial charge is 0.453 e. The Morgan fingerprint density at radius 3 is 2.59 bits per heavy atom. The fraction of sp³-hybridized carbons (Fsp3) is 0.400. The number of nitrogen functional groups attached to an aromatic ring is 1. The molecule has 17 heavy (non-hydrogen) atoms. The molecule has 0 atom stereocenters. The summed E-state index contributed by atoms with van der Waals surface area (Å²) in [5.41, 5.74) is 4.20. The normalized spacial score (nSPS) is 10.7. The molecule has 0 spiro atoms. The molecule has 0 radical (unpaired) electrons. The van der Waals surface area contributed by atoms with E-state index in [4.69, 9.17) is 16.9 Å². The number of nitro groups is 1. The van der Waals surface area contributed by atoms with E-state index < -0.39 is 10.5 Å². The Morgan fingerprint density at radius 2 is 2.12 bits per heavy atom. The standard InChI is InChI=1S/C10H12N4O3/c1-5-10(3,4)17-8-7(14(15)16)6(2)12-9(11)13-8/h1H,2-4H3,(H2,11,12,13). The molecule has 0 saturated carbocycles. The van der Waals surface area contributed by atoms with E-state index in [1.54, 1.807) is 13.8 Å². The second-order valence-corrected chi connectivity index (χ2v) is 3.83. The molecule has 1 aromatic rings. The van der Waals surface area contributed by atoms with E-state index in [1.807, 2.05) is 0 Å². The Morgan fingerprint density at radius 1 is 1.53 bits per heavy atom. The number of ether oxygens (including phenoxy) is 1. The summed E-state index contributed by atoms with van der Waals surface area (Å²) >= 11 is 0. The smallest absolute Gasteiger partial charge is 0.352 e. The van der Waals surface area contributed by atoms with E-state index >= 15 is 0 Å². The first-order chi connectivity index (χ1) is 7.76. The zero-order valence-electron chi connectivity index (χ0n) is 9.72. The van der Waals surface area contributed by atoms with Crippen LogP contribution >= 0.6 is 0 Å². The summed E-state index contributed by atoms with van der Waals surface area (Å²) in [7, 11) is 0. The third-order valence-electron chi connectivity index (χ3n) is 1.93. The molecule has 0 saturated heterocycles. The molecule has 0 aromatic carbocycles. The van der Waals surface area contributed by atoms with Crippen molar-refractivity contribution in [2.24, 2.45) is 0 Å². The SMILES string of the molecule is C#CC(C)(C)Oc1nc(N)nc(C)c1[N+](=O)[O-]. The van der Waals surface area contributed by atoms with Gasteiger partial charge in [0.05, 0.1) is 4.92 Å². The summed E-state index contributed by atoms with van der Waals surface area (Å²) in [5.74, 6) is 2.03. The van der Waals surface area contributed by atoms with Crippen LogP contribution in [-0.2, 0) is 0 Å². The van der Waals surface area contributed by atoms with E-state index in [0.29, 0.717) is 0 Å². The summed E-state index contributed by atoms with van der Waals surface area (Å²) in [4.78, 5) is 17.7. The van der Waals surface area contributed by atoms with Gasteiger partial charge in [-0.05, 0) is 20.8 Å². The van der Waals surface area contributed by atoms with Gasteiger partial charge in [-0.1, -0.05) is 5.92 Å². The van der Waals surface area contributed by atoms with Crippen LogP contribution in [0.3, 0.4) is 0 Å². The van der Waals surface area contributed by atoms with Crippen molar-refractivity contribution < 1.29 is 9.66 Å². The minimum Gasteiger partial charge on any atom is -0.453 e. The van der Waals surface area contributed by atoms with Crippen LogP contribution in [0.25, 0.3) is 0 Å². The quantitative estimate of drug-likeness (QED) is 0.478. The lowest BCUT2D eigenvalue weighted by Crippen LogP contribution is -2.27. The van der Waals surface area contributed by atoms with Crippen LogP contribution in [0.15, 0.2) is 0 Å². The number of terminal acetylenes is 1. The molecular formula is C10H12N4O3. The van der Waals surface area contributed by atoms with Crippen LogP contribution in [0.1, 0.15) is 19.5 Å². The van der Waals surface area contributed by atoms with Crippen molar-refractivity contribution in [2.45, 2.75) is 26.4 Å². The van der Waals surface area contributed by atoms with Crippen LogP contribution in [0.5, 0.6) is 5.88 Å². The summed E-state index contributed by atoms with van der Waals surface area (Å²) in [6, 6.07) is 0. The molecule has 7 heteroatoms. The highest BCUT2D eigenvalue weighted by Crippen LogP contribution is 2.30. The lowest BCUT2D eigenvalue weighted by Gasteiger charge is -2.19. The lowest BCUT2D eigenvalue weighted by atomic mass is 10.1. The molecule has 0 aliphatic rings. The Balaban J connectivity index is 3.32. The molecule has 1 aromatic heterocycles. The number of nitrogens with two attached hydrogens (primary N) is 1. The van der Waals surface area contributed by atoms with Crippen molar-refractivity contribution in [2.75, 3.05) is 5.73 Å². The van der Waals surface area contributed by atoms with Crippen molar-refractivity contribution in [1.82, 2.24) is 9.97 Å². The minimum absolute atomic E-state index is 0.101. The Labute approximate surface area is 98.2 Å². The van der Waals surface area contributed by atoms with Gasteiger partial charge in [0, 0.05) is 0 Å². The molecule has 0 bridgehead atoms. The van der Waals surface area contributed by atoms with Crippen molar-refractivity contribution in [3.63, 3.8) is 0 Å². The molecule has 0 aliphatic heterocycles. The van der Waals surface area contributed by atoms with Gasteiger partial charge in [0.15, 0.2) is 5.60 Å². The molecular weight excluding hydrogens is 224 g/mol. The number of rotatable bonds is 3. The molecule has 0 amide bonds. The topological polar surface area (TPSA) is 104 Å². The number of hydrogen-bond donors (Lipinski definition) is 1. The van der Waals surface area contributed by atoms with Gasteiger partial charge in [0.2, 0.25) is 5.95 Å². The van der Waals surface area contributed by atoms with E-state index in [-0.39, 0.29) is 23.2 Å². The monoisotopic (exact) mass is 236 g/mol. The molecule has 2 N–H and O–H groups in total. The molecule has 0 fully saturated rings. The molecule has 0 unspecified atom stereocenters. The summed E-state index contributed by atoms with van der Waals surface area (Å²) in [6.45, 7) is 4.63.